The second kappa shape index (κ2) is 8.42. The van der Waals surface area contributed by atoms with Crippen LogP contribution in [0.4, 0.5) is 0 Å². The van der Waals surface area contributed by atoms with E-state index in [1.807, 2.05) is 30.3 Å². The minimum absolute atomic E-state index is 0.0921. The van der Waals surface area contributed by atoms with Gasteiger partial charge < -0.3 is 15.5 Å². The molecular formula is C14H20N2O2. The maximum atomic E-state index is 11.2. The summed E-state index contributed by atoms with van der Waals surface area (Å²) in [6.07, 6.45) is 0.973. The third-order valence-electron chi connectivity index (χ3n) is 2.32. The first kappa shape index (κ1) is 14.4. The summed E-state index contributed by atoms with van der Waals surface area (Å²) < 4.78 is 5.49. The molecule has 0 atom stereocenters. The lowest BCUT2D eigenvalue weighted by Crippen LogP contribution is -2.26. The van der Waals surface area contributed by atoms with Crippen molar-refractivity contribution in [2.45, 2.75) is 26.4 Å². The van der Waals surface area contributed by atoms with Crippen molar-refractivity contribution in [2.75, 3.05) is 13.2 Å². The molecular weight excluding hydrogens is 228 g/mol. The summed E-state index contributed by atoms with van der Waals surface area (Å²) in [6, 6.07) is 9.99. The molecule has 2 N–H and O–H groups in total. The van der Waals surface area contributed by atoms with Gasteiger partial charge in [0.15, 0.2) is 0 Å². The van der Waals surface area contributed by atoms with Crippen molar-refractivity contribution in [1.82, 2.24) is 5.32 Å². The van der Waals surface area contributed by atoms with Crippen LogP contribution in [0.25, 0.3) is 0 Å². The zero-order chi connectivity index (χ0) is 13.2. The van der Waals surface area contributed by atoms with Gasteiger partial charge in [0.05, 0.1) is 13.0 Å². The predicted molar refractivity (Wildman–Crippen MR) is 71.7 cm³/mol. The Hall–Kier alpha value is -1.68. The molecule has 0 fully saturated rings. The van der Waals surface area contributed by atoms with Crippen LogP contribution in [0.15, 0.2) is 30.3 Å². The minimum atomic E-state index is -0.0921. The lowest BCUT2D eigenvalue weighted by molar-refractivity contribution is -0.119. The number of ether oxygens (including phenoxy) is 1. The molecule has 0 unspecified atom stereocenters. The molecule has 18 heavy (non-hydrogen) atoms. The van der Waals surface area contributed by atoms with Gasteiger partial charge in [-0.15, -0.1) is 0 Å². The molecule has 0 aliphatic heterocycles. The van der Waals surface area contributed by atoms with Crippen LogP contribution in [0.5, 0.6) is 0 Å². The van der Waals surface area contributed by atoms with Crippen LogP contribution in [0.2, 0.25) is 0 Å². The molecule has 4 nitrogen and oxygen atoms in total. The van der Waals surface area contributed by atoms with Gasteiger partial charge in [-0.2, -0.15) is 0 Å². The maximum Gasteiger partial charge on any atom is 0.225 e. The molecule has 0 aromatic heterocycles. The van der Waals surface area contributed by atoms with Crippen LogP contribution < -0.4 is 5.32 Å². The van der Waals surface area contributed by atoms with Crippen LogP contribution in [0.3, 0.4) is 0 Å². The summed E-state index contributed by atoms with van der Waals surface area (Å²) in [5.41, 5.74) is 1.54. The first-order chi connectivity index (χ1) is 8.68. The fourth-order valence-electron chi connectivity index (χ4n) is 1.47. The first-order valence-corrected chi connectivity index (χ1v) is 6.11. The van der Waals surface area contributed by atoms with Crippen LogP contribution in [0.1, 0.15) is 25.3 Å². The van der Waals surface area contributed by atoms with Crippen molar-refractivity contribution in [3.63, 3.8) is 0 Å². The molecule has 0 radical (unpaired) electrons. The Kier molecular flexibility index (Phi) is 6.72. The summed E-state index contributed by atoms with van der Waals surface area (Å²) in [7, 11) is 0. The number of nitrogens with one attached hydrogen (secondary N) is 2. The molecule has 1 aromatic carbocycles. The van der Waals surface area contributed by atoms with E-state index < -0.39 is 0 Å². The summed E-state index contributed by atoms with van der Waals surface area (Å²) in [6.45, 7) is 3.45. The number of rotatable bonds is 8. The van der Waals surface area contributed by atoms with Crippen LogP contribution in [0, 0.1) is 5.41 Å². The van der Waals surface area contributed by atoms with Crippen molar-refractivity contribution >= 4 is 11.6 Å². The number of hydrogen-bond acceptors (Lipinski definition) is 3. The maximum absolute atomic E-state index is 11.2. The van der Waals surface area contributed by atoms with Crippen molar-refractivity contribution in [3.8, 4) is 0 Å². The number of carbonyl (C=O) groups excluding carboxylic acids is 1. The monoisotopic (exact) mass is 248 g/mol. The van der Waals surface area contributed by atoms with Gasteiger partial charge in [-0.3, -0.25) is 4.79 Å². The Morgan fingerprint density at radius 1 is 1.33 bits per heavy atom. The molecule has 0 saturated carbocycles. The molecule has 4 heteroatoms. The van der Waals surface area contributed by atoms with Crippen molar-refractivity contribution in [2.24, 2.45) is 0 Å². The molecule has 1 amide bonds. The van der Waals surface area contributed by atoms with E-state index >= 15 is 0 Å². The number of carbonyl (C=O) groups is 1. The van der Waals surface area contributed by atoms with Gasteiger partial charge in [0, 0.05) is 18.9 Å². The van der Waals surface area contributed by atoms with E-state index in [0.717, 1.165) is 12.0 Å². The number of amides is 1. The zero-order valence-corrected chi connectivity index (χ0v) is 10.7. The molecule has 98 valence electrons. The Labute approximate surface area is 108 Å². The van der Waals surface area contributed by atoms with Gasteiger partial charge in [0.2, 0.25) is 5.91 Å². The molecule has 0 heterocycles. The molecule has 0 spiro atoms. The topological polar surface area (TPSA) is 62.2 Å². The second-order valence-electron chi connectivity index (χ2n) is 4.20. The SMILES string of the molecule is CC(=N)CC(=O)NCCCOCc1ccccc1. The molecule has 0 bridgehead atoms. The highest BCUT2D eigenvalue weighted by Gasteiger charge is 2.00. The second-order valence-corrected chi connectivity index (χ2v) is 4.20. The summed E-state index contributed by atoms with van der Waals surface area (Å²) in [4.78, 5) is 11.2. The van der Waals surface area contributed by atoms with Crippen LogP contribution in [-0.4, -0.2) is 24.8 Å². The smallest absolute Gasteiger partial charge is 0.225 e. The quantitative estimate of drug-likeness (QED) is 0.547. The van der Waals surface area contributed by atoms with E-state index in [4.69, 9.17) is 10.1 Å². The van der Waals surface area contributed by atoms with Crippen molar-refractivity contribution in [1.29, 1.82) is 5.41 Å². The molecule has 0 aliphatic rings. The van der Waals surface area contributed by atoms with Gasteiger partial charge in [0.25, 0.3) is 0 Å². The van der Waals surface area contributed by atoms with E-state index in [1.54, 1.807) is 6.92 Å². The van der Waals surface area contributed by atoms with Gasteiger partial charge in [0.1, 0.15) is 0 Å². The highest BCUT2D eigenvalue weighted by atomic mass is 16.5. The molecule has 0 saturated heterocycles. The third-order valence-corrected chi connectivity index (χ3v) is 2.32. The largest absolute Gasteiger partial charge is 0.377 e. The minimum Gasteiger partial charge on any atom is -0.377 e. The Balaban J connectivity index is 1.99. The van der Waals surface area contributed by atoms with Gasteiger partial charge in [-0.05, 0) is 18.9 Å². The van der Waals surface area contributed by atoms with E-state index in [-0.39, 0.29) is 12.3 Å². The Bertz CT molecular complexity index is 377. The fourth-order valence-corrected chi connectivity index (χ4v) is 1.47. The average molecular weight is 248 g/mol. The summed E-state index contributed by atoms with van der Waals surface area (Å²) in [5, 5.41) is 9.93. The van der Waals surface area contributed by atoms with Gasteiger partial charge in [-0.25, -0.2) is 0 Å². The van der Waals surface area contributed by atoms with E-state index in [2.05, 4.69) is 5.32 Å². The van der Waals surface area contributed by atoms with E-state index in [9.17, 15) is 4.79 Å². The third kappa shape index (κ3) is 6.81. The summed E-state index contributed by atoms with van der Waals surface area (Å²) in [5.74, 6) is -0.0921. The zero-order valence-electron chi connectivity index (χ0n) is 10.7. The lowest BCUT2D eigenvalue weighted by atomic mass is 10.2. The Morgan fingerprint density at radius 2 is 2.06 bits per heavy atom. The normalized spacial score (nSPS) is 10.1. The molecule has 1 rings (SSSR count). The number of benzene rings is 1. The van der Waals surface area contributed by atoms with E-state index in [0.29, 0.717) is 25.5 Å². The highest BCUT2D eigenvalue weighted by molar-refractivity contribution is 5.98. The lowest BCUT2D eigenvalue weighted by Gasteiger charge is -2.06. The van der Waals surface area contributed by atoms with Crippen molar-refractivity contribution < 1.29 is 9.53 Å². The van der Waals surface area contributed by atoms with Crippen LogP contribution >= 0.6 is 0 Å². The van der Waals surface area contributed by atoms with Gasteiger partial charge >= 0.3 is 0 Å². The van der Waals surface area contributed by atoms with E-state index in [1.165, 1.54) is 0 Å². The Morgan fingerprint density at radius 3 is 2.72 bits per heavy atom. The molecule has 0 aliphatic carbocycles. The van der Waals surface area contributed by atoms with Crippen LogP contribution in [-0.2, 0) is 16.1 Å². The first-order valence-electron chi connectivity index (χ1n) is 6.11. The van der Waals surface area contributed by atoms with Gasteiger partial charge in [-0.1, -0.05) is 30.3 Å². The average Bonchev–Trinajstić information content (AvgIpc) is 2.34. The fraction of sp³-hybridized carbons (Fsp3) is 0.429. The highest BCUT2D eigenvalue weighted by Crippen LogP contribution is 2.00. The van der Waals surface area contributed by atoms with Crippen molar-refractivity contribution in [3.05, 3.63) is 35.9 Å². The summed E-state index contributed by atoms with van der Waals surface area (Å²) >= 11 is 0. The number of hydrogen-bond donors (Lipinski definition) is 2. The molecule has 1 aromatic rings. The predicted octanol–water partition coefficient (Wildman–Crippen LogP) is 2.14. The standard InChI is InChI=1S/C14H20N2O2/c1-12(15)10-14(17)16-8-5-9-18-11-13-6-3-2-4-7-13/h2-4,6-7,15H,5,8-11H2,1H3,(H,16,17).